The van der Waals surface area contributed by atoms with Crippen LogP contribution in [0.4, 0.5) is 15.8 Å². The molecule has 0 radical (unpaired) electrons. The summed E-state index contributed by atoms with van der Waals surface area (Å²) in [5, 5.41) is 2.86. The predicted molar refractivity (Wildman–Crippen MR) is 54.2 cm³/mol. The molecule has 15 heavy (non-hydrogen) atoms. The normalized spacial score (nSPS) is 10.0. The van der Waals surface area contributed by atoms with Gasteiger partial charge < -0.3 is 5.32 Å². The van der Waals surface area contributed by atoms with Crippen molar-refractivity contribution >= 4 is 11.4 Å². The quantitative estimate of drug-likeness (QED) is 0.813. The van der Waals surface area contributed by atoms with Crippen LogP contribution in [0, 0.1) is 12.7 Å². The minimum atomic E-state index is -0.405. The number of rotatable bonds is 2. The molecule has 0 amide bonds. The third kappa shape index (κ3) is 2.25. The van der Waals surface area contributed by atoms with Crippen LogP contribution in [-0.4, -0.2) is 15.0 Å². The van der Waals surface area contributed by atoms with Gasteiger partial charge in [-0.3, -0.25) is 4.98 Å². The smallest absolute Gasteiger partial charge is 0.164 e. The van der Waals surface area contributed by atoms with E-state index in [1.807, 2.05) is 0 Å². The molecule has 0 aliphatic rings. The average Bonchev–Trinajstić information content (AvgIpc) is 2.25. The summed E-state index contributed by atoms with van der Waals surface area (Å²) in [6.07, 6.45) is 5.86. The Bertz CT molecular complexity index is 455. The zero-order valence-corrected chi connectivity index (χ0v) is 8.11. The van der Waals surface area contributed by atoms with Crippen molar-refractivity contribution in [1.29, 1.82) is 0 Å². The van der Waals surface area contributed by atoms with E-state index in [2.05, 4.69) is 20.3 Å². The number of halogens is 1. The molecule has 1 N–H and O–H groups in total. The van der Waals surface area contributed by atoms with E-state index in [0.29, 0.717) is 17.2 Å². The fourth-order valence-corrected chi connectivity index (χ4v) is 1.09. The molecule has 0 fully saturated rings. The van der Waals surface area contributed by atoms with Crippen LogP contribution in [0.2, 0.25) is 0 Å². The van der Waals surface area contributed by atoms with Crippen molar-refractivity contribution in [2.45, 2.75) is 6.92 Å². The molecule has 0 aliphatic heterocycles. The van der Waals surface area contributed by atoms with Crippen molar-refractivity contribution in [3.8, 4) is 0 Å². The van der Waals surface area contributed by atoms with E-state index in [4.69, 9.17) is 0 Å². The van der Waals surface area contributed by atoms with E-state index >= 15 is 0 Å². The lowest BCUT2D eigenvalue weighted by Crippen LogP contribution is -1.96. The molecule has 0 saturated carbocycles. The molecule has 0 saturated heterocycles. The Morgan fingerprint density at radius 2 is 1.93 bits per heavy atom. The fraction of sp³-hybridized carbons (Fsp3) is 0.100. The van der Waals surface area contributed by atoms with Crippen LogP contribution >= 0.6 is 0 Å². The molecule has 4 nitrogen and oxygen atoms in total. The van der Waals surface area contributed by atoms with Gasteiger partial charge in [0.15, 0.2) is 5.82 Å². The minimum Gasteiger partial charge on any atom is -0.351 e. The summed E-state index contributed by atoms with van der Waals surface area (Å²) in [5.74, 6) is 0.272. The first kappa shape index (κ1) is 9.51. The van der Waals surface area contributed by atoms with Gasteiger partial charge >= 0.3 is 0 Å². The first-order valence-corrected chi connectivity index (χ1v) is 4.41. The van der Waals surface area contributed by atoms with Crippen molar-refractivity contribution in [2.75, 3.05) is 5.32 Å². The Morgan fingerprint density at radius 1 is 1.20 bits per heavy atom. The van der Waals surface area contributed by atoms with Crippen molar-refractivity contribution in [3.05, 3.63) is 42.5 Å². The van der Waals surface area contributed by atoms with Gasteiger partial charge in [-0.2, -0.15) is 0 Å². The first-order chi connectivity index (χ1) is 7.25. The van der Waals surface area contributed by atoms with Gasteiger partial charge in [-0.15, -0.1) is 0 Å². The Labute approximate surface area is 86.2 Å². The van der Waals surface area contributed by atoms with Gasteiger partial charge in [-0.25, -0.2) is 14.4 Å². The second kappa shape index (κ2) is 4.00. The maximum absolute atomic E-state index is 13.2. The highest BCUT2D eigenvalue weighted by atomic mass is 19.1. The third-order valence-electron chi connectivity index (χ3n) is 1.83. The number of nitrogens with one attached hydrogen (secondary N) is 1. The molecule has 0 aromatic carbocycles. The Hall–Kier alpha value is -2.04. The Balaban J connectivity index is 2.22. The monoisotopic (exact) mass is 204 g/mol. The van der Waals surface area contributed by atoms with Crippen LogP contribution in [0.1, 0.15) is 5.82 Å². The predicted octanol–water partition coefficient (Wildman–Crippen LogP) is 2.06. The van der Waals surface area contributed by atoms with E-state index in [1.54, 1.807) is 25.4 Å². The highest BCUT2D eigenvalue weighted by Gasteiger charge is 2.01. The minimum absolute atomic E-state index is 0.359. The maximum Gasteiger partial charge on any atom is 0.164 e. The molecular weight excluding hydrogens is 195 g/mol. The summed E-state index contributed by atoms with van der Waals surface area (Å²) in [7, 11) is 0. The summed E-state index contributed by atoms with van der Waals surface area (Å²) >= 11 is 0. The second-order valence-corrected chi connectivity index (χ2v) is 3.00. The van der Waals surface area contributed by atoms with Crippen molar-refractivity contribution in [2.24, 2.45) is 0 Å². The average molecular weight is 204 g/mol. The zero-order chi connectivity index (χ0) is 10.7. The molecular formula is C10H9FN4. The molecule has 2 aromatic rings. The Kier molecular flexibility index (Phi) is 2.53. The van der Waals surface area contributed by atoms with Crippen molar-refractivity contribution in [3.63, 3.8) is 0 Å². The van der Waals surface area contributed by atoms with Gasteiger partial charge in [0.1, 0.15) is 5.82 Å². The van der Waals surface area contributed by atoms with Crippen molar-refractivity contribution < 1.29 is 4.39 Å². The van der Waals surface area contributed by atoms with Crippen LogP contribution in [-0.2, 0) is 0 Å². The molecule has 0 spiro atoms. The summed E-state index contributed by atoms with van der Waals surface area (Å²) in [6, 6.07) is 1.55. The molecule has 2 heterocycles. The number of hydrogen-bond acceptors (Lipinski definition) is 4. The van der Waals surface area contributed by atoms with E-state index in [0.717, 1.165) is 6.20 Å². The van der Waals surface area contributed by atoms with Gasteiger partial charge in [0.2, 0.25) is 0 Å². The number of nitrogens with zero attached hydrogens (tertiary/aromatic N) is 3. The molecule has 2 aromatic heterocycles. The van der Waals surface area contributed by atoms with Crippen LogP contribution in [0.5, 0.6) is 0 Å². The van der Waals surface area contributed by atoms with Crippen molar-refractivity contribution in [1.82, 2.24) is 15.0 Å². The van der Waals surface area contributed by atoms with Gasteiger partial charge in [0, 0.05) is 6.20 Å². The summed E-state index contributed by atoms with van der Waals surface area (Å²) < 4.78 is 13.2. The SMILES string of the molecule is Cc1ncc(Nc2ccncc2F)cn1. The number of aryl methyl sites for hydroxylation is 1. The Morgan fingerprint density at radius 3 is 2.60 bits per heavy atom. The van der Waals surface area contributed by atoms with Gasteiger partial charge in [-0.05, 0) is 13.0 Å². The summed E-state index contributed by atoms with van der Waals surface area (Å²) in [5.41, 5.74) is 1.00. The van der Waals surface area contributed by atoms with Gasteiger partial charge in [0.25, 0.3) is 0 Å². The lowest BCUT2D eigenvalue weighted by Gasteiger charge is -2.05. The molecule has 0 atom stereocenters. The molecule has 0 aliphatic carbocycles. The highest BCUT2D eigenvalue weighted by Crippen LogP contribution is 2.16. The molecule has 0 bridgehead atoms. The van der Waals surface area contributed by atoms with Crippen LogP contribution in [0.15, 0.2) is 30.9 Å². The van der Waals surface area contributed by atoms with Crippen LogP contribution < -0.4 is 5.32 Å². The largest absolute Gasteiger partial charge is 0.351 e. The van der Waals surface area contributed by atoms with Crippen LogP contribution in [0.3, 0.4) is 0 Å². The fourth-order valence-electron chi connectivity index (χ4n) is 1.09. The molecule has 76 valence electrons. The van der Waals surface area contributed by atoms with E-state index in [9.17, 15) is 4.39 Å². The molecule has 2 rings (SSSR count). The lowest BCUT2D eigenvalue weighted by molar-refractivity contribution is 0.625. The van der Waals surface area contributed by atoms with E-state index in [1.165, 1.54) is 6.20 Å². The summed E-state index contributed by atoms with van der Waals surface area (Å²) in [4.78, 5) is 11.6. The van der Waals surface area contributed by atoms with E-state index < -0.39 is 5.82 Å². The molecule has 5 heteroatoms. The number of pyridine rings is 1. The highest BCUT2D eigenvalue weighted by molar-refractivity contribution is 5.57. The third-order valence-corrected chi connectivity index (χ3v) is 1.83. The standard InChI is InChI=1S/C10H9FN4/c1-7-13-4-8(5-14-7)15-10-2-3-12-6-9(10)11/h2-6H,1H3,(H,12,15). The zero-order valence-electron chi connectivity index (χ0n) is 8.11. The second-order valence-electron chi connectivity index (χ2n) is 3.00. The number of anilines is 2. The lowest BCUT2D eigenvalue weighted by atomic mass is 10.3. The molecule has 0 unspecified atom stereocenters. The first-order valence-electron chi connectivity index (χ1n) is 4.41. The topological polar surface area (TPSA) is 50.7 Å². The van der Waals surface area contributed by atoms with Crippen LogP contribution in [0.25, 0.3) is 0 Å². The maximum atomic E-state index is 13.2. The summed E-state index contributed by atoms with van der Waals surface area (Å²) in [6.45, 7) is 1.79. The van der Waals surface area contributed by atoms with Gasteiger partial charge in [0.05, 0.1) is 30.0 Å². The number of hydrogen-bond donors (Lipinski definition) is 1. The van der Waals surface area contributed by atoms with E-state index in [-0.39, 0.29) is 0 Å². The van der Waals surface area contributed by atoms with Gasteiger partial charge in [-0.1, -0.05) is 0 Å². The number of aromatic nitrogens is 3.